The van der Waals surface area contributed by atoms with Gasteiger partial charge in [0.2, 0.25) is 0 Å². The lowest BCUT2D eigenvalue weighted by molar-refractivity contribution is -0.173. The van der Waals surface area contributed by atoms with Gasteiger partial charge in [-0.25, -0.2) is 0 Å². The van der Waals surface area contributed by atoms with Gasteiger partial charge in [0, 0.05) is 38.5 Å². The molecule has 7 heteroatoms. The van der Waals surface area contributed by atoms with Crippen molar-refractivity contribution in [3.05, 3.63) is 25.7 Å². The molecule has 3 fully saturated rings. The molecule has 3 saturated carbocycles. The van der Waals surface area contributed by atoms with Crippen LogP contribution in [0, 0.1) is 0 Å². The Morgan fingerprint density at radius 2 is 0.463 bits per heavy atom. The summed E-state index contributed by atoms with van der Waals surface area (Å²) >= 11 is 0. The Kier molecular flexibility index (Phi) is 24.9. The maximum Gasteiger partial charge on any atom is 0.162 e. The molecular formula is C34H66O7. The van der Waals surface area contributed by atoms with Crippen molar-refractivity contribution < 1.29 is 35.4 Å². The fraction of sp³-hybridized carbons (Fsp3) is 0.882. The van der Waals surface area contributed by atoms with Gasteiger partial charge in [0.1, 0.15) is 0 Å². The van der Waals surface area contributed by atoms with Gasteiger partial charge in [-0.3, -0.25) is 0 Å². The normalized spacial score (nSPS) is 24.0. The number of hydrogen-bond donors (Lipinski definition) is 6. The summed E-state index contributed by atoms with van der Waals surface area (Å²) in [7, 11) is 0. The van der Waals surface area contributed by atoms with Crippen molar-refractivity contribution in [1.29, 1.82) is 0 Å². The summed E-state index contributed by atoms with van der Waals surface area (Å²) in [5, 5.41) is 56.7. The van der Waals surface area contributed by atoms with E-state index in [0.717, 1.165) is 77.0 Å². The summed E-state index contributed by atoms with van der Waals surface area (Å²) in [5.74, 6) is -4.09. The lowest BCUT2D eigenvalue weighted by Gasteiger charge is -2.22. The number of rotatable bonds is 2. The van der Waals surface area contributed by atoms with Gasteiger partial charge in [0.05, 0.1) is 12.5 Å². The summed E-state index contributed by atoms with van der Waals surface area (Å²) in [5.41, 5.74) is 0. The van der Waals surface area contributed by atoms with E-state index in [-0.39, 0.29) is 0 Å². The molecule has 0 unspecified atom stereocenters. The molecule has 0 amide bonds. The number of ether oxygens (including phenoxy) is 1. The van der Waals surface area contributed by atoms with Crippen LogP contribution in [0.4, 0.5) is 0 Å². The van der Waals surface area contributed by atoms with Crippen molar-refractivity contribution in [3.8, 4) is 0 Å². The molecule has 3 aliphatic rings. The van der Waals surface area contributed by atoms with E-state index in [1.807, 2.05) is 0 Å². The average Bonchev–Trinajstić information content (AvgIpc) is 2.92. The summed E-state index contributed by atoms with van der Waals surface area (Å²) in [6.07, 6.45) is 30.3. The minimum atomic E-state index is -1.36. The fourth-order valence-electron chi connectivity index (χ4n) is 5.54. The Hall–Kier alpha value is -0.960. The molecule has 0 aliphatic heterocycles. The second-order valence-electron chi connectivity index (χ2n) is 12.3. The van der Waals surface area contributed by atoms with E-state index in [2.05, 4.69) is 17.9 Å². The summed E-state index contributed by atoms with van der Waals surface area (Å²) in [6.45, 7) is 6.51. The molecule has 7 nitrogen and oxygen atoms in total. The Bertz CT molecular complexity index is 491. The largest absolute Gasteiger partial charge is 0.474 e. The molecule has 6 N–H and O–H groups in total. The zero-order chi connectivity index (χ0) is 30.7. The maximum absolute atomic E-state index is 9.45. The monoisotopic (exact) mass is 586 g/mol. The van der Waals surface area contributed by atoms with Crippen LogP contribution in [0.5, 0.6) is 0 Å². The van der Waals surface area contributed by atoms with E-state index < -0.39 is 17.4 Å². The molecule has 0 heterocycles. The van der Waals surface area contributed by atoms with E-state index >= 15 is 0 Å². The Morgan fingerprint density at radius 1 is 0.317 bits per heavy atom. The molecule has 0 aromatic heterocycles. The van der Waals surface area contributed by atoms with Gasteiger partial charge in [-0.1, -0.05) is 109 Å². The van der Waals surface area contributed by atoms with E-state index in [0.29, 0.717) is 38.5 Å². The minimum Gasteiger partial charge on any atom is -0.474 e. The molecule has 0 saturated heterocycles. The Morgan fingerprint density at radius 3 is 0.585 bits per heavy atom. The molecule has 244 valence electrons. The van der Waals surface area contributed by atoms with Gasteiger partial charge in [0.25, 0.3) is 0 Å². The highest BCUT2D eigenvalue weighted by atomic mass is 16.5. The summed E-state index contributed by atoms with van der Waals surface area (Å²) < 4.78 is 4.36. The minimum absolute atomic E-state index is 0.562. The third kappa shape index (κ3) is 28.9. The number of aliphatic hydroxyl groups is 6. The maximum atomic E-state index is 9.45. The van der Waals surface area contributed by atoms with Crippen molar-refractivity contribution in [2.24, 2.45) is 0 Å². The lowest BCUT2D eigenvalue weighted by Crippen LogP contribution is -2.27. The van der Waals surface area contributed by atoms with Gasteiger partial charge in [0.15, 0.2) is 17.4 Å². The fourth-order valence-corrected chi connectivity index (χ4v) is 5.54. The Balaban J connectivity index is 0.000000541. The van der Waals surface area contributed by atoms with Crippen molar-refractivity contribution >= 4 is 0 Å². The quantitative estimate of drug-likeness (QED) is 0.143. The molecular weight excluding hydrogens is 520 g/mol. The topological polar surface area (TPSA) is 131 Å². The van der Waals surface area contributed by atoms with Crippen molar-refractivity contribution in [3.63, 3.8) is 0 Å². The lowest BCUT2D eigenvalue weighted by atomic mass is 9.97. The molecule has 41 heavy (non-hydrogen) atoms. The second-order valence-corrected chi connectivity index (χ2v) is 12.3. The third-order valence-corrected chi connectivity index (χ3v) is 8.16. The van der Waals surface area contributed by atoms with Crippen LogP contribution in [0.2, 0.25) is 0 Å². The highest BCUT2D eigenvalue weighted by Crippen LogP contribution is 2.24. The van der Waals surface area contributed by atoms with Gasteiger partial charge < -0.3 is 35.4 Å². The highest BCUT2D eigenvalue weighted by molar-refractivity contribution is 4.68. The predicted octanol–water partition coefficient (Wildman–Crippen LogP) is 7.87. The highest BCUT2D eigenvalue weighted by Gasteiger charge is 2.23. The van der Waals surface area contributed by atoms with Crippen LogP contribution < -0.4 is 0 Å². The van der Waals surface area contributed by atoms with Gasteiger partial charge in [-0.2, -0.15) is 0 Å². The van der Waals surface area contributed by atoms with Gasteiger partial charge in [-0.05, 0) is 38.5 Å². The summed E-state index contributed by atoms with van der Waals surface area (Å²) in [4.78, 5) is 0. The van der Waals surface area contributed by atoms with Crippen LogP contribution in [0.1, 0.15) is 173 Å². The zero-order valence-corrected chi connectivity index (χ0v) is 26.3. The molecule has 0 aromatic carbocycles. The molecule has 3 rings (SSSR count). The van der Waals surface area contributed by atoms with Crippen molar-refractivity contribution in [2.45, 2.75) is 191 Å². The molecule has 0 atom stereocenters. The molecule has 0 bridgehead atoms. The first-order valence-corrected chi connectivity index (χ1v) is 16.8. The zero-order valence-electron chi connectivity index (χ0n) is 26.3. The second kappa shape index (κ2) is 25.5. The first kappa shape index (κ1) is 40.0. The van der Waals surface area contributed by atoms with Gasteiger partial charge >= 0.3 is 0 Å². The smallest absolute Gasteiger partial charge is 0.162 e. The first-order valence-electron chi connectivity index (χ1n) is 16.8. The van der Waals surface area contributed by atoms with E-state index in [1.54, 1.807) is 0 Å². The van der Waals surface area contributed by atoms with E-state index in [1.165, 1.54) is 70.3 Å². The van der Waals surface area contributed by atoms with Crippen LogP contribution in [0.15, 0.2) is 25.7 Å². The average molecular weight is 587 g/mol. The van der Waals surface area contributed by atoms with Crippen molar-refractivity contribution in [2.75, 3.05) is 0 Å². The molecule has 0 radical (unpaired) electrons. The van der Waals surface area contributed by atoms with Crippen LogP contribution >= 0.6 is 0 Å². The molecule has 0 aromatic rings. The predicted molar refractivity (Wildman–Crippen MR) is 168 cm³/mol. The van der Waals surface area contributed by atoms with Crippen LogP contribution in [-0.2, 0) is 4.74 Å². The number of hydrogen-bond acceptors (Lipinski definition) is 7. The molecule has 0 spiro atoms. The van der Waals surface area contributed by atoms with E-state index in [9.17, 15) is 30.6 Å². The van der Waals surface area contributed by atoms with Crippen LogP contribution in [-0.4, -0.2) is 48.0 Å². The van der Waals surface area contributed by atoms with Gasteiger partial charge in [-0.15, -0.1) is 0 Å². The van der Waals surface area contributed by atoms with Crippen LogP contribution in [0.25, 0.3) is 0 Å². The first-order chi connectivity index (χ1) is 19.5. The van der Waals surface area contributed by atoms with E-state index in [4.69, 9.17) is 0 Å². The van der Waals surface area contributed by atoms with Crippen molar-refractivity contribution in [1.82, 2.24) is 0 Å². The summed E-state index contributed by atoms with van der Waals surface area (Å²) in [6, 6.07) is 0. The Labute approximate surface area is 251 Å². The third-order valence-electron chi connectivity index (χ3n) is 8.16. The standard InChI is InChI=1S/3C10H20O2.C4H6O/c3*11-10(12)8-6-4-2-1-3-5-7-9-10;1-3-5-4-2/h3*11-12H,1-9H2;3-4H,1-2H2. The van der Waals surface area contributed by atoms with Crippen LogP contribution in [0.3, 0.4) is 0 Å². The molecule has 3 aliphatic carbocycles. The SMILES string of the molecule is C=COC=C.OC1(O)CCCCCCCCC1.OC1(O)CCCCCCCCC1.OC1(O)CCCCCCCCC1.